The number of carbonyl (C=O) groups is 2. The molecular formula is C36H56Br2N4O2. The second-order valence-electron chi connectivity index (χ2n) is 12.5. The Hall–Kier alpha value is -1.74. The van der Waals surface area contributed by atoms with E-state index in [1.165, 1.54) is 33.4 Å². The van der Waals surface area contributed by atoms with Gasteiger partial charge in [-0.3, -0.25) is 19.4 Å². The highest BCUT2D eigenvalue weighted by atomic mass is 79.9. The van der Waals surface area contributed by atoms with E-state index in [0.717, 1.165) is 91.1 Å². The minimum Gasteiger partial charge on any atom is -0.343 e. The lowest BCUT2D eigenvalue weighted by Gasteiger charge is -2.34. The first kappa shape index (κ1) is 38.4. The van der Waals surface area contributed by atoms with Crippen molar-refractivity contribution >= 4 is 45.8 Å². The third-order valence-corrected chi connectivity index (χ3v) is 9.54. The van der Waals surface area contributed by atoms with Crippen molar-refractivity contribution in [1.29, 1.82) is 0 Å². The second kappa shape index (κ2) is 18.4. The smallest absolute Gasteiger partial charge is 0.226 e. The molecule has 2 aromatic carbocycles. The Labute approximate surface area is 288 Å². The van der Waals surface area contributed by atoms with Crippen LogP contribution in [0.5, 0.6) is 0 Å². The predicted octanol–water partition coefficient (Wildman–Crippen LogP) is 7.29. The molecule has 2 heterocycles. The summed E-state index contributed by atoms with van der Waals surface area (Å²) in [6, 6.07) is 13.8. The summed E-state index contributed by atoms with van der Waals surface area (Å²) < 4.78 is 0. The van der Waals surface area contributed by atoms with Gasteiger partial charge in [0.2, 0.25) is 11.8 Å². The van der Waals surface area contributed by atoms with E-state index in [2.05, 4.69) is 87.7 Å². The number of likely N-dealkylation sites (tertiary alicyclic amines) is 2. The van der Waals surface area contributed by atoms with Crippen molar-refractivity contribution in [3.63, 3.8) is 0 Å². The quantitative estimate of drug-likeness (QED) is 0.243. The number of hydrogen-bond acceptors (Lipinski definition) is 4. The Morgan fingerprint density at radius 2 is 1.02 bits per heavy atom. The number of aryl methyl sites for hydroxylation is 2. The summed E-state index contributed by atoms with van der Waals surface area (Å²) in [7, 11) is 0. The fourth-order valence-electron chi connectivity index (χ4n) is 7.16. The van der Waals surface area contributed by atoms with Crippen molar-refractivity contribution in [2.45, 2.75) is 80.3 Å². The van der Waals surface area contributed by atoms with E-state index < -0.39 is 0 Å². The zero-order valence-electron chi connectivity index (χ0n) is 27.9. The van der Waals surface area contributed by atoms with Gasteiger partial charge in [-0.15, -0.1) is 34.0 Å². The van der Waals surface area contributed by atoms with Crippen LogP contribution in [0.4, 0.5) is 0 Å². The van der Waals surface area contributed by atoms with Gasteiger partial charge in [0.05, 0.1) is 11.8 Å². The van der Waals surface area contributed by atoms with Crippen LogP contribution in [-0.2, 0) is 22.7 Å². The molecule has 2 fully saturated rings. The molecule has 44 heavy (non-hydrogen) atoms. The molecule has 2 aliphatic rings. The number of rotatable bonds is 11. The third-order valence-electron chi connectivity index (χ3n) is 9.54. The van der Waals surface area contributed by atoms with E-state index in [9.17, 15) is 9.59 Å². The summed E-state index contributed by atoms with van der Waals surface area (Å²) in [6.07, 6.45) is 4.19. The van der Waals surface area contributed by atoms with Crippen LogP contribution in [0.3, 0.4) is 0 Å². The molecule has 0 aromatic heterocycles. The van der Waals surface area contributed by atoms with E-state index in [0.29, 0.717) is 11.8 Å². The average Bonchev–Trinajstić information content (AvgIpc) is 2.99. The van der Waals surface area contributed by atoms with Crippen molar-refractivity contribution in [2.24, 2.45) is 11.8 Å². The van der Waals surface area contributed by atoms with Gasteiger partial charge in [0.1, 0.15) is 0 Å². The Bertz CT molecular complexity index is 1120. The number of carbonyl (C=O) groups excluding carboxylic acids is 2. The molecule has 0 radical (unpaired) electrons. The van der Waals surface area contributed by atoms with E-state index >= 15 is 0 Å². The molecule has 2 amide bonds. The van der Waals surface area contributed by atoms with Gasteiger partial charge in [-0.25, -0.2) is 0 Å². The first-order valence-electron chi connectivity index (χ1n) is 16.5. The minimum absolute atomic E-state index is 0. The highest BCUT2D eigenvalue weighted by Gasteiger charge is 2.29. The first-order valence-corrected chi connectivity index (χ1v) is 16.5. The number of halogens is 2. The average molecular weight is 737 g/mol. The lowest BCUT2D eigenvalue weighted by atomic mass is 9.92. The van der Waals surface area contributed by atoms with Crippen LogP contribution in [0.1, 0.15) is 75.6 Å². The van der Waals surface area contributed by atoms with E-state index in [1.807, 2.05) is 9.80 Å². The molecule has 246 valence electrons. The Morgan fingerprint density at radius 3 is 1.34 bits per heavy atom. The fourth-order valence-corrected chi connectivity index (χ4v) is 7.16. The van der Waals surface area contributed by atoms with Crippen LogP contribution in [0.15, 0.2) is 36.4 Å². The monoisotopic (exact) mass is 734 g/mol. The molecule has 2 atom stereocenters. The van der Waals surface area contributed by atoms with Gasteiger partial charge in [-0.2, -0.15) is 0 Å². The molecule has 0 N–H and O–H groups in total. The number of piperidine rings is 2. The molecule has 2 aromatic rings. The number of hydrogen-bond donors (Lipinski definition) is 0. The van der Waals surface area contributed by atoms with Crippen molar-refractivity contribution < 1.29 is 9.59 Å². The maximum atomic E-state index is 13.0. The van der Waals surface area contributed by atoms with Gasteiger partial charge >= 0.3 is 0 Å². The van der Waals surface area contributed by atoms with Crippen LogP contribution in [-0.4, -0.2) is 83.8 Å². The Kier molecular flexibility index (Phi) is 16.1. The SMILES string of the molecule is Br.Br.CCN(CC)C(=O)C1CCCN(Cc2ccc(-c3ccc(CN4CCCC(C(=O)N(CC)CC)C4)cc3C)c(C)c2)C1. The molecule has 2 aliphatic heterocycles. The molecule has 6 nitrogen and oxygen atoms in total. The zero-order valence-corrected chi connectivity index (χ0v) is 31.4. The van der Waals surface area contributed by atoms with E-state index in [1.54, 1.807) is 0 Å². The third kappa shape index (κ3) is 9.63. The van der Waals surface area contributed by atoms with Crippen LogP contribution in [0.25, 0.3) is 11.1 Å². The summed E-state index contributed by atoms with van der Waals surface area (Å²) in [5, 5.41) is 0. The van der Waals surface area contributed by atoms with Crippen molar-refractivity contribution in [3.8, 4) is 11.1 Å². The maximum Gasteiger partial charge on any atom is 0.226 e. The topological polar surface area (TPSA) is 47.1 Å². The highest BCUT2D eigenvalue weighted by Crippen LogP contribution is 2.30. The molecule has 0 aliphatic carbocycles. The largest absolute Gasteiger partial charge is 0.343 e. The van der Waals surface area contributed by atoms with Crippen molar-refractivity contribution in [1.82, 2.24) is 19.6 Å². The van der Waals surface area contributed by atoms with Gasteiger partial charge in [0.15, 0.2) is 0 Å². The number of nitrogens with zero attached hydrogens (tertiary/aromatic N) is 4. The first-order chi connectivity index (χ1) is 20.3. The number of benzene rings is 2. The molecule has 2 saturated heterocycles. The van der Waals surface area contributed by atoms with Gasteiger partial charge in [0, 0.05) is 52.4 Å². The molecule has 0 saturated carbocycles. The summed E-state index contributed by atoms with van der Waals surface area (Å²) in [4.78, 5) is 34.8. The van der Waals surface area contributed by atoms with Gasteiger partial charge in [-0.1, -0.05) is 36.4 Å². The maximum absolute atomic E-state index is 13.0. The zero-order chi connectivity index (χ0) is 30.2. The van der Waals surface area contributed by atoms with Crippen LogP contribution in [0, 0.1) is 25.7 Å². The van der Waals surface area contributed by atoms with Gasteiger partial charge in [0.25, 0.3) is 0 Å². The lowest BCUT2D eigenvalue weighted by molar-refractivity contribution is -0.137. The van der Waals surface area contributed by atoms with Crippen molar-refractivity contribution in [3.05, 3.63) is 58.7 Å². The summed E-state index contributed by atoms with van der Waals surface area (Å²) in [5.41, 5.74) is 7.81. The summed E-state index contributed by atoms with van der Waals surface area (Å²) in [6.45, 7) is 21.5. The van der Waals surface area contributed by atoms with E-state index in [-0.39, 0.29) is 45.8 Å². The molecule has 2 unspecified atom stereocenters. The number of amides is 2. The normalized spacial score (nSPS) is 19.0. The van der Waals surface area contributed by atoms with Gasteiger partial charge < -0.3 is 9.80 Å². The lowest BCUT2D eigenvalue weighted by Crippen LogP contribution is -2.44. The standard InChI is InChI=1S/C36H54N4O2.2BrH/c1-7-39(8-2)35(41)31-13-11-19-37(25-31)23-29-15-17-33(27(5)21-29)34-18-16-30(22-28(34)6)24-38-20-12-14-32(26-38)36(42)40(9-3)10-4;;/h15-18,21-22,31-32H,7-14,19-20,23-26H2,1-6H3;2*1H. The molecule has 8 heteroatoms. The summed E-state index contributed by atoms with van der Waals surface area (Å²) in [5.74, 6) is 0.893. The van der Waals surface area contributed by atoms with Gasteiger partial charge in [-0.05, 0) is 114 Å². The highest BCUT2D eigenvalue weighted by molar-refractivity contribution is 8.93. The molecule has 4 rings (SSSR count). The molecule has 0 bridgehead atoms. The minimum atomic E-state index is 0. The Balaban J connectivity index is 0.00000337. The Morgan fingerprint density at radius 1 is 0.659 bits per heavy atom. The fraction of sp³-hybridized carbons (Fsp3) is 0.611. The molecule has 0 spiro atoms. The predicted molar refractivity (Wildman–Crippen MR) is 194 cm³/mol. The van der Waals surface area contributed by atoms with Crippen LogP contribution < -0.4 is 0 Å². The second-order valence-corrected chi connectivity index (χ2v) is 12.5. The van der Waals surface area contributed by atoms with E-state index in [4.69, 9.17) is 0 Å². The van der Waals surface area contributed by atoms with Crippen LogP contribution in [0.2, 0.25) is 0 Å². The summed E-state index contributed by atoms with van der Waals surface area (Å²) >= 11 is 0. The molecular weight excluding hydrogens is 680 g/mol. The van der Waals surface area contributed by atoms with Crippen molar-refractivity contribution in [2.75, 3.05) is 52.4 Å². The van der Waals surface area contributed by atoms with Crippen LogP contribution >= 0.6 is 34.0 Å².